The highest BCUT2D eigenvalue weighted by atomic mass is 16.7. The van der Waals surface area contributed by atoms with Crippen molar-refractivity contribution in [2.24, 2.45) is 11.3 Å². The van der Waals surface area contributed by atoms with Gasteiger partial charge in [-0.05, 0) is 50.2 Å². The Morgan fingerprint density at radius 3 is 2.77 bits per heavy atom. The standard InChI is InChI=1S/C22H25N5O3/c1-15-3-7-17(8-6-16-4-5-16)23-20(15)26(2)21(28)18-11-27(25-24-18)12-19-29-13-22(9-10-22)14-30-19/h3,7,11,16,19H,4-5,9-10,12-14H2,1-2H3. The van der Waals surface area contributed by atoms with Gasteiger partial charge in [-0.1, -0.05) is 17.2 Å². The van der Waals surface area contributed by atoms with Crippen LogP contribution in [0.2, 0.25) is 0 Å². The monoisotopic (exact) mass is 407 g/mol. The van der Waals surface area contributed by atoms with Gasteiger partial charge in [0.25, 0.3) is 5.91 Å². The molecule has 3 aliphatic rings. The van der Waals surface area contributed by atoms with E-state index < -0.39 is 0 Å². The summed E-state index contributed by atoms with van der Waals surface area (Å²) in [6.07, 6.45) is 5.95. The normalized spacial score (nSPS) is 19.9. The summed E-state index contributed by atoms with van der Waals surface area (Å²) in [6, 6.07) is 3.82. The Labute approximate surface area is 175 Å². The molecule has 2 aliphatic carbocycles. The van der Waals surface area contributed by atoms with E-state index in [0.29, 0.717) is 24.0 Å². The van der Waals surface area contributed by atoms with Crippen molar-refractivity contribution in [2.45, 2.75) is 45.4 Å². The number of hydrogen-bond acceptors (Lipinski definition) is 6. The summed E-state index contributed by atoms with van der Waals surface area (Å²) in [6.45, 7) is 3.78. The number of rotatable bonds is 4. The van der Waals surface area contributed by atoms with Crippen molar-refractivity contribution in [3.8, 4) is 11.8 Å². The quantitative estimate of drug-likeness (QED) is 0.723. The number of carbonyl (C=O) groups excluding carboxylic acids is 1. The van der Waals surface area contributed by atoms with E-state index in [9.17, 15) is 4.79 Å². The molecule has 3 fully saturated rings. The van der Waals surface area contributed by atoms with E-state index in [4.69, 9.17) is 9.47 Å². The van der Waals surface area contributed by atoms with Gasteiger partial charge in [-0.15, -0.1) is 5.10 Å². The second-order valence-electron chi connectivity index (χ2n) is 8.62. The van der Waals surface area contributed by atoms with E-state index in [-0.39, 0.29) is 23.3 Å². The van der Waals surface area contributed by atoms with Crippen molar-refractivity contribution in [3.05, 3.63) is 35.3 Å². The van der Waals surface area contributed by atoms with E-state index in [1.54, 1.807) is 17.9 Å². The predicted octanol–water partition coefficient (Wildman–Crippen LogP) is 2.17. The Bertz CT molecular complexity index is 1020. The smallest absolute Gasteiger partial charge is 0.281 e. The molecule has 0 unspecified atom stereocenters. The lowest BCUT2D eigenvalue weighted by Crippen LogP contribution is -2.36. The number of amides is 1. The van der Waals surface area contributed by atoms with Crippen LogP contribution in [0.3, 0.4) is 0 Å². The lowest BCUT2D eigenvalue weighted by Gasteiger charge is -2.29. The van der Waals surface area contributed by atoms with Crippen molar-refractivity contribution in [2.75, 3.05) is 25.2 Å². The number of aromatic nitrogens is 4. The van der Waals surface area contributed by atoms with E-state index in [0.717, 1.165) is 31.6 Å². The summed E-state index contributed by atoms with van der Waals surface area (Å²) in [7, 11) is 1.69. The van der Waals surface area contributed by atoms with Crippen LogP contribution in [-0.2, 0) is 16.0 Å². The predicted molar refractivity (Wildman–Crippen MR) is 109 cm³/mol. The zero-order valence-corrected chi connectivity index (χ0v) is 17.3. The Morgan fingerprint density at radius 2 is 2.07 bits per heavy atom. The van der Waals surface area contributed by atoms with Gasteiger partial charge < -0.3 is 9.47 Å². The molecule has 3 heterocycles. The van der Waals surface area contributed by atoms with Crippen molar-refractivity contribution < 1.29 is 14.3 Å². The first-order chi connectivity index (χ1) is 14.5. The SMILES string of the molecule is Cc1ccc(C#CC2CC2)nc1N(C)C(=O)c1cn(CC2OCC3(CC3)CO2)nn1. The fourth-order valence-corrected chi connectivity index (χ4v) is 3.44. The highest BCUT2D eigenvalue weighted by Crippen LogP contribution is 2.48. The lowest BCUT2D eigenvalue weighted by molar-refractivity contribution is -0.213. The number of ether oxygens (including phenoxy) is 2. The third kappa shape index (κ3) is 4.09. The average Bonchev–Trinajstić information content (AvgIpc) is 3.68. The first-order valence-corrected chi connectivity index (χ1v) is 10.4. The molecule has 2 saturated carbocycles. The lowest BCUT2D eigenvalue weighted by atomic mass is 10.1. The number of anilines is 1. The third-order valence-corrected chi connectivity index (χ3v) is 5.88. The summed E-state index contributed by atoms with van der Waals surface area (Å²) in [5, 5.41) is 8.12. The minimum absolute atomic E-state index is 0.252. The average molecular weight is 407 g/mol. The maximum atomic E-state index is 13.0. The van der Waals surface area contributed by atoms with Crippen LogP contribution < -0.4 is 4.90 Å². The van der Waals surface area contributed by atoms with E-state index >= 15 is 0 Å². The van der Waals surface area contributed by atoms with Crippen molar-refractivity contribution >= 4 is 11.7 Å². The van der Waals surface area contributed by atoms with Crippen LogP contribution in [0.25, 0.3) is 0 Å². The number of carbonyl (C=O) groups is 1. The second kappa shape index (κ2) is 7.49. The van der Waals surface area contributed by atoms with Gasteiger partial charge in [-0.3, -0.25) is 9.69 Å². The molecule has 156 valence electrons. The molecule has 1 saturated heterocycles. The van der Waals surface area contributed by atoms with E-state index in [2.05, 4.69) is 27.1 Å². The van der Waals surface area contributed by atoms with Gasteiger partial charge in [0.15, 0.2) is 12.0 Å². The summed E-state index contributed by atoms with van der Waals surface area (Å²) in [4.78, 5) is 19.0. The van der Waals surface area contributed by atoms with Gasteiger partial charge in [-0.2, -0.15) is 0 Å². The molecule has 8 heteroatoms. The van der Waals surface area contributed by atoms with Gasteiger partial charge >= 0.3 is 0 Å². The van der Waals surface area contributed by atoms with Gasteiger partial charge in [0, 0.05) is 18.4 Å². The number of pyridine rings is 1. The van der Waals surface area contributed by atoms with Crippen LogP contribution in [0.5, 0.6) is 0 Å². The Morgan fingerprint density at radius 1 is 1.30 bits per heavy atom. The largest absolute Gasteiger partial charge is 0.350 e. The van der Waals surface area contributed by atoms with Crippen LogP contribution in [-0.4, -0.2) is 52.4 Å². The maximum Gasteiger partial charge on any atom is 0.281 e. The fourth-order valence-electron chi connectivity index (χ4n) is 3.44. The minimum Gasteiger partial charge on any atom is -0.350 e. The molecule has 0 atom stereocenters. The molecule has 1 amide bonds. The summed E-state index contributed by atoms with van der Waals surface area (Å²) in [5.74, 6) is 7.11. The number of aryl methyl sites for hydroxylation is 1. The van der Waals surface area contributed by atoms with Gasteiger partial charge in [0.05, 0.1) is 26.0 Å². The number of nitrogens with zero attached hydrogens (tertiary/aromatic N) is 5. The maximum absolute atomic E-state index is 13.0. The van der Waals surface area contributed by atoms with Crippen LogP contribution in [0, 0.1) is 30.1 Å². The molecule has 30 heavy (non-hydrogen) atoms. The first kappa shape index (κ1) is 19.2. The molecular weight excluding hydrogens is 382 g/mol. The molecule has 0 N–H and O–H groups in total. The summed E-state index contributed by atoms with van der Waals surface area (Å²) >= 11 is 0. The van der Waals surface area contributed by atoms with Gasteiger partial charge in [0.1, 0.15) is 11.5 Å². The Hall–Kier alpha value is -2.76. The first-order valence-electron chi connectivity index (χ1n) is 10.4. The van der Waals surface area contributed by atoms with Crippen molar-refractivity contribution in [1.29, 1.82) is 0 Å². The summed E-state index contributed by atoms with van der Waals surface area (Å²) < 4.78 is 13.2. The Kier molecular flexibility index (Phi) is 4.80. The highest BCUT2D eigenvalue weighted by molar-refractivity contribution is 6.04. The fraction of sp³-hybridized carbons (Fsp3) is 0.545. The van der Waals surface area contributed by atoms with E-state index in [1.165, 1.54) is 17.7 Å². The summed E-state index contributed by atoms with van der Waals surface area (Å²) in [5.41, 5.74) is 2.08. The molecule has 1 aliphatic heterocycles. The molecule has 1 spiro atoms. The van der Waals surface area contributed by atoms with Crippen LogP contribution >= 0.6 is 0 Å². The molecule has 5 rings (SSSR count). The number of hydrogen-bond donors (Lipinski definition) is 0. The third-order valence-electron chi connectivity index (χ3n) is 5.88. The molecule has 0 radical (unpaired) electrons. The topological polar surface area (TPSA) is 82.4 Å². The second-order valence-corrected chi connectivity index (χ2v) is 8.62. The highest BCUT2D eigenvalue weighted by Gasteiger charge is 2.47. The molecular formula is C22H25N5O3. The van der Waals surface area contributed by atoms with Gasteiger partial charge in [0.2, 0.25) is 0 Å². The molecule has 8 nitrogen and oxygen atoms in total. The molecule has 2 aromatic rings. The zero-order valence-electron chi connectivity index (χ0n) is 17.3. The van der Waals surface area contributed by atoms with Crippen LogP contribution in [0.1, 0.15) is 47.4 Å². The van der Waals surface area contributed by atoms with Crippen molar-refractivity contribution in [3.63, 3.8) is 0 Å². The Balaban J connectivity index is 1.25. The van der Waals surface area contributed by atoms with E-state index in [1.807, 2.05) is 19.1 Å². The zero-order chi connectivity index (χ0) is 20.7. The van der Waals surface area contributed by atoms with Gasteiger partial charge in [-0.25, -0.2) is 9.67 Å². The molecule has 0 bridgehead atoms. The molecule has 2 aromatic heterocycles. The van der Waals surface area contributed by atoms with Crippen LogP contribution in [0.15, 0.2) is 18.3 Å². The minimum atomic E-state index is -0.357. The molecule has 0 aromatic carbocycles. The van der Waals surface area contributed by atoms with Crippen LogP contribution in [0.4, 0.5) is 5.82 Å². The van der Waals surface area contributed by atoms with Crippen molar-refractivity contribution in [1.82, 2.24) is 20.0 Å².